The van der Waals surface area contributed by atoms with Gasteiger partial charge in [0.05, 0.1) is 6.10 Å². The van der Waals surface area contributed by atoms with E-state index in [-0.39, 0.29) is 24.0 Å². The Morgan fingerprint density at radius 1 is 1.35 bits per heavy atom. The van der Waals surface area contributed by atoms with Crippen molar-refractivity contribution in [2.75, 3.05) is 26.7 Å². The van der Waals surface area contributed by atoms with Crippen LogP contribution in [0.4, 0.5) is 0 Å². The number of hydrogen-bond acceptors (Lipinski definition) is 2. The summed E-state index contributed by atoms with van der Waals surface area (Å²) in [5.74, 6) is 0.895. The molecule has 0 bridgehead atoms. The van der Waals surface area contributed by atoms with Gasteiger partial charge in [0.15, 0.2) is 5.96 Å². The number of unbranched alkanes of at least 4 members (excludes halogenated alkanes) is 2. The van der Waals surface area contributed by atoms with Crippen LogP contribution in [0, 0.1) is 0 Å². The highest BCUT2D eigenvalue weighted by Gasteiger charge is 2.15. The van der Waals surface area contributed by atoms with Crippen LogP contribution in [0.3, 0.4) is 0 Å². The van der Waals surface area contributed by atoms with Crippen LogP contribution < -0.4 is 10.6 Å². The van der Waals surface area contributed by atoms with Crippen molar-refractivity contribution in [3.05, 3.63) is 0 Å². The minimum atomic E-state index is 0. The third-order valence-corrected chi connectivity index (χ3v) is 2.82. The molecule has 17 heavy (non-hydrogen) atoms. The van der Waals surface area contributed by atoms with Crippen molar-refractivity contribution in [3.8, 4) is 0 Å². The second-order valence-electron chi connectivity index (χ2n) is 4.22. The number of ether oxygens (including phenoxy) is 1. The van der Waals surface area contributed by atoms with Crippen LogP contribution in [0.5, 0.6) is 0 Å². The molecule has 0 aromatic rings. The average molecular weight is 355 g/mol. The molecule has 1 rings (SSSR count). The molecule has 1 unspecified atom stereocenters. The van der Waals surface area contributed by atoms with Gasteiger partial charge in [-0.05, 0) is 19.3 Å². The van der Waals surface area contributed by atoms with Crippen molar-refractivity contribution in [3.63, 3.8) is 0 Å². The first-order valence-electron chi connectivity index (χ1n) is 6.43. The lowest BCUT2D eigenvalue weighted by molar-refractivity contribution is 0.114. The van der Waals surface area contributed by atoms with E-state index in [0.717, 1.165) is 25.7 Å². The molecule has 0 radical (unpaired) electrons. The van der Waals surface area contributed by atoms with E-state index in [2.05, 4.69) is 22.5 Å². The van der Waals surface area contributed by atoms with E-state index in [9.17, 15) is 0 Å². The first kappa shape index (κ1) is 17.0. The fourth-order valence-electron chi connectivity index (χ4n) is 1.82. The minimum absolute atomic E-state index is 0. The average Bonchev–Trinajstić information content (AvgIpc) is 2.81. The molecule has 0 aromatic heterocycles. The Morgan fingerprint density at radius 3 is 2.76 bits per heavy atom. The van der Waals surface area contributed by atoms with Crippen LogP contribution in [0.2, 0.25) is 0 Å². The lowest BCUT2D eigenvalue weighted by atomic mass is 10.2. The van der Waals surface area contributed by atoms with Gasteiger partial charge in [-0.1, -0.05) is 19.8 Å². The second-order valence-corrected chi connectivity index (χ2v) is 4.22. The maximum Gasteiger partial charge on any atom is 0.191 e. The van der Waals surface area contributed by atoms with Gasteiger partial charge in [-0.3, -0.25) is 4.99 Å². The van der Waals surface area contributed by atoms with Crippen molar-refractivity contribution < 1.29 is 4.74 Å². The van der Waals surface area contributed by atoms with Gasteiger partial charge < -0.3 is 15.4 Å². The highest BCUT2D eigenvalue weighted by atomic mass is 127. The van der Waals surface area contributed by atoms with E-state index >= 15 is 0 Å². The fraction of sp³-hybridized carbons (Fsp3) is 0.917. The molecule has 1 aliphatic heterocycles. The molecule has 1 saturated heterocycles. The largest absolute Gasteiger partial charge is 0.376 e. The van der Waals surface area contributed by atoms with Crippen molar-refractivity contribution in [2.24, 2.45) is 4.99 Å². The Balaban J connectivity index is 0.00000256. The van der Waals surface area contributed by atoms with E-state index in [1.807, 2.05) is 7.05 Å². The maximum atomic E-state index is 5.55. The number of nitrogens with one attached hydrogen (secondary N) is 2. The standard InChI is InChI=1S/C12H25N3O.HI/c1-3-4-5-8-14-12(13-2)15-10-11-7-6-9-16-11;/h11H,3-10H2,1-2H3,(H2,13,14,15);1H. The minimum Gasteiger partial charge on any atom is -0.376 e. The molecule has 0 amide bonds. The van der Waals surface area contributed by atoms with E-state index in [4.69, 9.17) is 4.74 Å². The summed E-state index contributed by atoms with van der Waals surface area (Å²) < 4.78 is 5.55. The van der Waals surface area contributed by atoms with Gasteiger partial charge in [0.2, 0.25) is 0 Å². The topological polar surface area (TPSA) is 45.7 Å². The number of rotatable bonds is 6. The first-order valence-corrected chi connectivity index (χ1v) is 6.43. The summed E-state index contributed by atoms with van der Waals surface area (Å²) in [7, 11) is 1.81. The highest BCUT2D eigenvalue weighted by molar-refractivity contribution is 14.0. The van der Waals surface area contributed by atoms with E-state index < -0.39 is 0 Å². The molecule has 0 saturated carbocycles. The SMILES string of the molecule is CCCCCNC(=NC)NCC1CCCO1.I. The summed E-state index contributed by atoms with van der Waals surface area (Å²) in [5.41, 5.74) is 0. The molecule has 102 valence electrons. The van der Waals surface area contributed by atoms with Crippen molar-refractivity contribution in [1.29, 1.82) is 0 Å². The molecule has 0 aromatic carbocycles. The summed E-state index contributed by atoms with van der Waals surface area (Å²) in [6.07, 6.45) is 6.46. The van der Waals surface area contributed by atoms with E-state index in [1.54, 1.807) is 0 Å². The number of hydrogen-bond donors (Lipinski definition) is 2. The lowest BCUT2D eigenvalue weighted by Gasteiger charge is -2.14. The molecule has 5 heteroatoms. The quantitative estimate of drug-likeness (QED) is 0.332. The van der Waals surface area contributed by atoms with Crippen molar-refractivity contribution in [2.45, 2.75) is 45.1 Å². The molecule has 1 atom stereocenters. The molecule has 0 aliphatic carbocycles. The highest BCUT2D eigenvalue weighted by Crippen LogP contribution is 2.10. The predicted molar refractivity (Wildman–Crippen MR) is 83.3 cm³/mol. The van der Waals surface area contributed by atoms with Crippen LogP contribution in [0.1, 0.15) is 39.0 Å². The van der Waals surface area contributed by atoms with Crippen molar-refractivity contribution >= 4 is 29.9 Å². The molecule has 1 fully saturated rings. The predicted octanol–water partition coefficient (Wildman–Crippen LogP) is 2.14. The summed E-state index contributed by atoms with van der Waals surface area (Å²) >= 11 is 0. The fourth-order valence-corrected chi connectivity index (χ4v) is 1.82. The van der Waals surface area contributed by atoms with Crippen LogP contribution >= 0.6 is 24.0 Å². The zero-order valence-corrected chi connectivity index (χ0v) is 13.3. The molecule has 1 heterocycles. The second kappa shape index (κ2) is 11.1. The van der Waals surface area contributed by atoms with Crippen LogP contribution in [0.15, 0.2) is 4.99 Å². The molecule has 4 nitrogen and oxygen atoms in total. The molecule has 1 aliphatic rings. The third kappa shape index (κ3) is 7.81. The van der Waals surface area contributed by atoms with E-state index in [0.29, 0.717) is 6.10 Å². The Hall–Kier alpha value is -0.0400. The Kier molecular flexibility index (Phi) is 11.0. The third-order valence-electron chi connectivity index (χ3n) is 2.82. The van der Waals surface area contributed by atoms with Gasteiger partial charge >= 0.3 is 0 Å². The number of guanidine groups is 1. The molecule has 2 N–H and O–H groups in total. The van der Waals surface area contributed by atoms with Gasteiger partial charge in [0, 0.05) is 26.7 Å². The van der Waals surface area contributed by atoms with Gasteiger partial charge in [0.1, 0.15) is 0 Å². The summed E-state index contributed by atoms with van der Waals surface area (Å²) in [6, 6.07) is 0. The molecule has 0 spiro atoms. The summed E-state index contributed by atoms with van der Waals surface area (Å²) in [6.45, 7) is 4.99. The van der Waals surface area contributed by atoms with Crippen LogP contribution in [0.25, 0.3) is 0 Å². The van der Waals surface area contributed by atoms with Crippen molar-refractivity contribution in [1.82, 2.24) is 10.6 Å². The summed E-state index contributed by atoms with van der Waals surface area (Å²) in [5, 5.41) is 6.61. The van der Waals surface area contributed by atoms with Gasteiger partial charge in [-0.25, -0.2) is 0 Å². The first-order chi connectivity index (χ1) is 7.86. The van der Waals surface area contributed by atoms with Crippen LogP contribution in [-0.4, -0.2) is 38.8 Å². The normalized spacial score (nSPS) is 19.9. The van der Waals surface area contributed by atoms with E-state index in [1.165, 1.54) is 32.1 Å². The smallest absolute Gasteiger partial charge is 0.191 e. The number of halogens is 1. The zero-order valence-electron chi connectivity index (χ0n) is 11.0. The maximum absolute atomic E-state index is 5.55. The Labute approximate surface area is 122 Å². The number of nitrogens with zero attached hydrogens (tertiary/aromatic N) is 1. The monoisotopic (exact) mass is 355 g/mol. The lowest BCUT2D eigenvalue weighted by Crippen LogP contribution is -2.41. The van der Waals surface area contributed by atoms with Gasteiger partial charge in [-0.15, -0.1) is 24.0 Å². The zero-order chi connectivity index (χ0) is 11.6. The van der Waals surface area contributed by atoms with Crippen LogP contribution in [-0.2, 0) is 4.74 Å². The number of aliphatic imine (C=N–C) groups is 1. The Bertz CT molecular complexity index is 206. The molecular formula is C12H26IN3O. The van der Waals surface area contributed by atoms with Gasteiger partial charge in [-0.2, -0.15) is 0 Å². The Morgan fingerprint density at radius 2 is 2.18 bits per heavy atom. The molecular weight excluding hydrogens is 329 g/mol. The summed E-state index contributed by atoms with van der Waals surface area (Å²) in [4.78, 5) is 4.19. The van der Waals surface area contributed by atoms with Gasteiger partial charge in [0.25, 0.3) is 0 Å².